The molecule has 1 atom stereocenters. The first-order valence-corrected chi connectivity index (χ1v) is 6.05. The van der Waals surface area contributed by atoms with Gasteiger partial charge in [-0.1, -0.05) is 12.1 Å². The summed E-state index contributed by atoms with van der Waals surface area (Å²) in [6.45, 7) is 3.35. The monoisotopic (exact) mass is 291 g/mol. The zero-order valence-electron chi connectivity index (χ0n) is 11.4. The van der Waals surface area contributed by atoms with E-state index < -0.39 is 15.9 Å². The predicted octanol–water partition coefficient (Wildman–Crippen LogP) is 2.20. The van der Waals surface area contributed by atoms with Crippen LogP contribution in [-0.2, 0) is 0 Å². The lowest BCUT2D eigenvalue weighted by Gasteiger charge is -2.14. The Morgan fingerprint density at radius 1 is 1.24 bits per heavy atom. The van der Waals surface area contributed by atoms with Gasteiger partial charge in [-0.2, -0.15) is 5.10 Å². The van der Waals surface area contributed by atoms with Gasteiger partial charge < -0.3 is 5.73 Å². The van der Waals surface area contributed by atoms with Crippen LogP contribution in [0.25, 0.3) is 0 Å². The first-order valence-electron chi connectivity index (χ1n) is 6.05. The molecule has 0 aliphatic rings. The summed E-state index contributed by atoms with van der Waals surface area (Å²) in [5.41, 5.74) is 6.52. The van der Waals surface area contributed by atoms with Crippen LogP contribution in [-0.4, -0.2) is 19.6 Å². The fourth-order valence-corrected chi connectivity index (χ4v) is 2.04. The van der Waals surface area contributed by atoms with Crippen molar-refractivity contribution >= 4 is 17.2 Å². The van der Waals surface area contributed by atoms with Crippen LogP contribution < -0.4 is 5.73 Å². The van der Waals surface area contributed by atoms with Crippen LogP contribution in [0, 0.1) is 27.2 Å². The van der Waals surface area contributed by atoms with Gasteiger partial charge >= 0.3 is 5.69 Å². The molecule has 9 heteroatoms. The topological polar surface area (TPSA) is 130 Å². The maximum absolute atomic E-state index is 11.0. The molecule has 110 valence electrons. The molecular weight excluding hydrogens is 278 g/mol. The molecule has 2 N–H and O–H groups in total. The Labute approximate surface area is 119 Å². The maximum Gasteiger partial charge on any atom is 0.330 e. The molecule has 0 aliphatic carbocycles. The molecule has 21 heavy (non-hydrogen) atoms. The highest BCUT2D eigenvalue weighted by atomic mass is 16.6. The van der Waals surface area contributed by atoms with Crippen molar-refractivity contribution in [3.63, 3.8) is 0 Å². The number of nitrogen functional groups attached to an aromatic ring is 1. The predicted molar refractivity (Wildman–Crippen MR) is 74.9 cm³/mol. The highest BCUT2D eigenvalue weighted by Crippen LogP contribution is 2.29. The van der Waals surface area contributed by atoms with E-state index in [9.17, 15) is 20.2 Å². The number of benzene rings is 1. The van der Waals surface area contributed by atoms with Gasteiger partial charge in [-0.05, 0) is 19.4 Å². The Bertz CT molecular complexity index is 724. The summed E-state index contributed by atoms with van der Waals surface area (Å²) in [6.07, 6.45) is 1.06. The van der Waals surface area contributed by atoms with Crippen LogP contribution in [0.2, 0.25) is 0 Å². The number of anilines is 1. The minimum absolute atomic E-state index is 0.0143. The summed E-state index contributed by atoms with van der Waals surface area (Å²) >= 11 is 0. The Balaban J connectivity index is 2.45. The third-order valence-corrected chi connectivity index (χ3v) is 3.29. The van der Waals surface area contributed by atoms with E-state index in [0.717, 1.165) is 6.20 Å². The standard InChI is InChI=1S/C12H13N5O4/c1-7-3-4-9(5-10(7)16(18)19)8(2)15-12(13)11(6-14-15)17(20)21/h3-6,8H,13H2,1-2H3. The van der Waals surface area contributed by atoms with Crippen molar-refractivity contribution in [2.45, 2.75) is 19.9 Å². The Morgan fingerprint density at radius 2 is 1.86 bits per heavy atom. The lowest BCUT2D eigenvalue weighted by Crippen LogP contribution is -2.12. The third-order valence-electron chi connectivity index (χ3n) is 3.29. The average Bonchev–Trinajstić information content (AvgIpc) is 2.80. The molecule has 9 nitrogen and oxygen atoms in total. The summed E-state index contributed by atoms with van der Waals surface area (Å²) in [7, 11) is 0. The number of nitrogens with two attached hydrogens (primary N) is 1. The van der Waals surface area contributed by atoms with Crippen molar-refractivity contribution < 1.29 is 9.85 Å². The van der Waals surface area contributed by atoms with Gasteiger partial charge in [0.05, 0.1) is 15.9 Å². The number of aromatic nitrogens is 2. The number of nitro benzene ring substituents is 1. The molecule has 2 rings (SSSR count). The van der Waals surface area contributed by atoms with Crippen LogP contribution in [0.15, 0.2) is 24.4 Å². The summed E-state index contributed by atoms with van der Waals surface area (Å²) < 4.78 is 1.27. The number of nitrogens with zero attached hydrogens (tertiary/aromatic N) is 4. The quantitative estimate of drug-likeness (QED) is 0.678. The van der Waals surface area contributed by atoms with Crippen molar-refractivity contribution in [2.24, 2.45) is 0 Å². The van der Waals surface area contributed by atoms with Crippen LogP contribution >= 0.6 is 0 Å². The first-order chi connectivity index (χ1) is 9.82. The lowest BCUT2D eigenvalue weighted by atomic mass is 10.0. The van der Waals surface area contributed by atoms with E-state index in [0.29, 0.717) is 11.1 Å². The molecule has 1 heterocycles. The Morgan fingerprint density at radius 3 is 2.38 bits per heavy atom. The second kappa shape index (κ2) is 5.19. The normalized spacial score (nSPS) is 12.1. The van der Waals surface area contributed by atoms with Crippen LogP contribution in [0.5, 0.6) is 0 Å². The first kappa shape index (κ1) is 14.4. The van der Waals surface area contributed by atoms with Gasteiger partial charge in [-0.15, -0.1) is 0 Å². The van der Waals surface area contributed by atoms with Gasteiger partial charge in [0.15, 0.2) is 0 Å². The molecule has 0 spiro atoms. The molecule has 1 aromatic carbocycles. The molecule has 0 amide bonds. The summed E-state index contributed by atoms with van der Waals surface area (Å²) in [4.78, 5) is 20.6. The van der Waals surface area contributed by atoms with E-state index in [1.54, 1.807) is 26.0 Å². The van der Waals surface area contributed by atoms with Gasteiger partial charge in [-0.3, -0.25) is 20.2 Å². The molecular formula is C12H13N5O4. The van der Waals surface area contributed by atoms with E-state index in [-0.39, 0.29) is 17.2 Å². The van der Waals surface area contributed by atoms with Crippen molar-refractivity contribution in [2.75, 3.05) is 5.73 Å². The van der Waals surface area contributed by atoms with Crippen LogP contribution in [0.4, 0.5) is 17.2 Å². The van der Waals surface area contributed by atoms with E-state index in [1.165, 1.54) is 10.7 Å². The number of hydrogen-bond donors (Lipinski definition) is 1. The summed E-state index contributed by atoms with van der Waals surface area (Å²) in [5, 5.41) is 25.6. The number of aryl methyl sites for hydroxylation is 1. The van der Waals surface area contributed by atoms with Gasteiger partial charge in [0, 0.05) is 11.6 Å². The molecule has 0 radical (unpaired) electrons. The second-order valence-electron chi connectivity index (χ2n) is 4.60. The molecule has 0 saturated carbocycles. The minimum atomic E-state index is -0.622. The lowest BCUT2D eigenvalue weighted by molar-refractivity contribution is -0.385. The van der Waals surface area contributed by atoms with Crippen molar-refractivity contribution in [3.05, 3.63) is 55.8 Å². The highest BCUT2D eigenvalue weighted by molar-refractivity contribution is 5.52. The van der Waals surface area contributed by atoms with Gasteiger partial charge in [-0.25, -0.2) is 4.68 Å². The zero-order chi connectivity index (χ0) is 15.7. The number of rotatable bonds is 4. The molecule has 2 aromatic rings. The Kier molecular flexibility index (Phi) is 3.57. The largest absolute Gasteiger partial charge is 0.378 e. The zero-order valence-corrected chi connectivity index (χ0v) is 11.4. The smallest absolute Gasteiger partial charge is 0.330 e. The van der Waals surface area contributed by atoms with Gasteiger partial charge in [0.2, 0.25) is 5.82 Å². The van der Waals surface area contributed by atoms with E-state index in [4.69, 9.17) is 5.73 Å². The molecule has 0 fully saturated rings. The second-order valence-corrected chi connectivity index (χ2v) is 4.60. The maximum atomic E-state index is 11.0. The van der Waals surface area contributed by atoms with E-state index in [1.807, 2.05) is 0 Å². The van der Waals surface area contributed by atoms with Crippen molar-refractivity contribution in [1.29, 1.82) is 0 Å². The van der Waals surface area contributed by atoms with E-state index in [2.05, 4.69) is 5.10 Å². The summed E-state index contributed by atoms with van der Waals surface area (Å²) in [5.74, 6) is -0.0873. The number of nitro groups is 2. The van der Waals surface area contributed by atoms with Gasteiger partial charge in [0.25, 0.3) is 5.69 Å². The van der Waals surface area contributed by atoms with Crippen LogP contribution in [0.3, 0.4) is 0 Å². The van der Waals surface area contributed by atoms with E-state index >= 15 is 0 Å². The fraction of sp³-hybridized carbons (Fsp3) is 0.250. The molecule has 1 unspecified atom stereocenters. The minimum Gasteiger partial charge on any atom is -0.378 e. The van der Waals surface area contributed by atoms with Crippen molar-refractivity contribution in [3.8, 4) is 0 Å². The molecule has 0 saturated heterocycles. The van der Waals surface area contributed by atoms with Crippen molar-refractivity contribution in [1.82, 2.24) is 9.78 Å². The highest BCUT2D eigenvalue weighted by Gasteiger charge is 2.23. The third kappa shape index (κ3) is 2.53. The molecule has 0 aliphatic heterocycles. The molecule has 1 aromatic heterocycles. The number of hydrogen-bond acceptors (Lipinski definition) is 6. The summed E-state index contributed by atoms with van der Waals surface area (Å²) in [6, 6.07) is 4.29. The molecule has 0 bridgehead atoms. The SMILES string of the molecule is Cc1ccc(C(C)n2ncc([N+](=O)[O-])c2N)cc1[N+](=O)[O-]. The Hall–Kier alpha value is -2.97. The average molecular weight is 291 g/mol. The van der Waals surface area contributed by atoms with Gasteiger partial charge in [0.1, 0.15) is 6.20 Å². The fourth-order valence-electron chi connectivity index (χ4n) is 2.04. The van der Waals surface area contributed by atoms with Crippen LogP contribution in [0.1, 0.15) is 24.1 Å².